The standard InChI is InChI=1S/C24H31N3O3/c1-8-30-22-14(3)17-11-27(23(25)20(17)26-15(22)4)12-19(28)16-9-13(2)21(29)18(10-16)24(5,6)7/h9-10,25,29H,8,11-12H2,1-7H3. The zero-order valence-electron chi connectivity index (χ0n) is 18.9. The smallest absolute Gasteiger partial charge is 0.182 e. The molecule has 0 bridgehead atoms. The SMILES string of the molecule is CCOc1c(C)nc2c(c1C)CN(CC(=O)c1cc(C)c(O)c(C(C)(C)C)c1)C2=N. The Morgan fingerprint density at radius 1 is 1.27 bits per heavy atom. The van der Waals surface area contributed by atoms with Crippen LogP contribution in [0.3, 0.4) is 0 Å². The molecule has 0 aliphatic carbocycles. The lowest BCUT2D eigenvalue weighted by molar-refractivity contribution is 0.0962. The van der Waals surface area contributed by atoms with Gasteiger partial charge in [0, 0.05) is 28.8 Å². The summed E-state index contributed by atoms with van der Waals surface area (Å²) in [5, 5.41) is 19.0. The third-order valence-corrected chi connectivity index (χ3v) is 5.63. The molecule has 0 saturated carbocycles. The highest BCUT2D eigenvalue weighted by Gasteiger charge is 2.31. The van der Waals surface area contributed by atoms with E-state index in [-0.39, 0.29) is 29.3 Å². The molecule has 2 aromatic rings. The number of aryl methyl sites for hydroxylation is 2. The summed E-state index contributed by atoms with van der Waals surface area (Å²) in [4.78, 5) is 19.4. The van der Waals surface area contributed by atoms with Crippen molar-refractivity contribution in [2.45, 2.75) is 60.4 Å². The number of aromatic hydroxyl groups is 1. The summed E-state index contributed by atoms with van der Waals surface area (Å²) in [7, 11) is 0. The van der Waals surface area contributed by atoms with Crippen LogP contribution in [0.4, 0.5) is 0 Å². The molecule has 160 valence electrons. The van der Waals surface area contributed by atoms with Crippen molar-refractivity contribution in [1.82, 2.24) is 9.88 Å². The first-order chi connectivity index (χ1) is 14.0. The van der Waals surface area contributed by atoms with Crippen molar-refractivity contribution in [1.29, 1.82) is 5.41 Å². The Kier molecular flexibility index (Phi) is 5.63. The number of hydrogen-bond donors (Lipinski definition) is 2. The molecule has 1 aromatic heterocycles. The number of nitrogens with zero attached hydrogens (tertiary/aromatic N) is 2. The number of benzene rings is 1. The maximum atomic E-state index is 13.1. The van der Waals surface area contributed by atoms with Gasteiger partial charge in [0.25, 0.3) is 0 Å². The highest BCUT2D eigenvalue weighted by atomic mass is 16.5. The second kappa shape index (κ2) is 7.74. The van der Waals surface area contributed by atoms with Gasteiger partial charge in [-0.25, -0.2) is 4.98 Å². The highest BCUT2D eigenvalue weighted by Crippen LogP contribution is 2.35. The summed E-state index contributed by atoms with van der Waals surface area (Å²) >= 11 is 0. The van der Waals surface area contributed by atoms with Crippen molar-refractivity contribution in [2.75, 3.05) is 13.2 Å². The lowest BCUT2D eigenvalue weighted by Crippen LogP contribution is -2.30. The van der Waals surface area contributed by atoms with E-state index in [4.69, 9.17) is 10.1 Å². The van der Waals surface area contributed by atoms with E-state index in [1.807, 2.05) is 41.5 Å². The molecule has 1 aromatic carbocycles. The van der Waals surface area contributed by atoms with Crippen LogP contribution in [0.2, 0.25) is 0 Å². The van der Waals surface area contributed by atoms with Gasteiger partial charge in [-0.1, -0.05) is 20.8 Å². The van der Waals surface area contributed by atoms with Gasteiger partial charge in [-0.15, -0.1) is 0 Å². The van der Waals surface area contributed by atoms with E-state index >= 15 is 0 Å². The third-order valence-electron chi connectivity index (χ3n) is 5.63. The number of pyridine rings is 1. The van der Waals surface area contributed by atoms with Gasteiger partial charge in [-0.3, -0.25) is 10.2 Å². The molecule has 2 heterocycles. The Bertz CT molecular complexity index is 1040. The number of ether oxygens (including phenoxy) is 1. The van der Waals surface area contributed by atoms with Gasteiger partial charge >= 0.3 is 0 Å². The van der Waals surface area contributed by atoms with E-state index in [1.165, 1.54) is 0 Å². The molecule has 30 heavy (non-hydrogen) atoms. The summed E-state index contributed by atoms with van der Waals surface area (Å²) in [6, 6.07) is 3.50. The Balaban J connectivity index is 1.89. The van der Waals surface area contributed by atoms with Crippen LogP contribution >= 0.6 is 0 Å². The number of phenols is 1. The van der Waals surface area contributed by atoms with Crippen molar-refractivity contribution < 1.29 is 14.6 Å². The van der Waals surface area contributed by atoms with Crippen LogP contribution in [-0.2, 0) is 12.0 Å². The summed E-state index contributed by atoms with van der Waals surface area (Å²) < 4.78 is 5.74. The van der Waals surface area contributed by atoms with Crippen LogP contribution in [0.1, 0.15) is 71.7 Å². The first-order valence-corrected chi connectivity index (χ1v) is 10.3. The van der Waals surface area contributed by atoms with E-state index in [2.05, 4.69) is 4.98 Å². The van der Waals surface area contributed by atoms with Crippen LogP contribution < -0.4 is 4.74 Å². The van der Waals surface area contributed by atoms with Crippen molar-refractivity contribution >= 4 is 11.6 Å². The number of nitrogens with one attached hydrogen (secondary N) is 1. The molecular weight excluding hydrogens is 378 g/mol. The molecule has 0 spiro atoms. The number of hydrogen-bond acceptors (Lipinski definition) is 5. The molecule has 6 nitrogen and oxygen atoms in total. The highest BCUT2D eigenvalue weighted by molar-refractivity contribution is 6.04. The van der Waals surface area contributed by atoms with Crippen LogP contribution in [0.15, 0.2) is 12.1 Å². The van der Waals surface area contributed by atoms with Crippen LogP contribution in [0.25, 0.3) is 0 Å². The lowest BCUT2D eigenvalue weighted by Gasteiger charge is -2.23. The number of Topliss-reactive ketones (excluding diaryl/α,β-unsaturated/α-hetero) is 1. The number of aromatic nitrogens is 1. The summed E-state index contributed by atoms with van der Waals surface area (Å²) in [6.45, 7) is 14.7. The number of rotatable bonds is 5. The van der Waals surface area contributed by atoms with Crippen LogP contribution in [-0.4, -0.2) is 39.8 Å². The molecule has 1 aliphatic rings. The van der Waals surface area contributed by atoms with E-state index in [0.29, 0.717) is 30.0 Å². The summed E-state index contributed by atoms with van der Waals surface area (Å²) in [5.74, 6) is 1.18. The van der Waals surface area contributed by atoms with E-state index < -0.39 is 0 Å². The Morgan fingerprint density at radius 2 is 1.93 bits per heavy atom. The molecule has 0 unspecified atom stereocenters. The molecular formula is C24H31N3O3. The maximum absolute atomic E-state index is 13.1. The number of carbonyl (C=O) groups is 1. The second-order valence-electron chi connectivity index (χ2n) is 8.98. The average Bonchev–Trinajstić information content (AvgIpc) is 2.96. The number of fused-ring (bicyclic) bond motifs is 1. The van der Waals surface area contributed by atoms with E-state index in [0.717, 1.165) is 28.1 Å². The minimum Gasteiger partial charge on any atom is -0.507 e. The summed E-state index contributed by atoms with van der Waals surface area (Å²) in [6.07, 6.45) is 0. The maximum Gasteiger partial charge on any atom is 0.182 e. The fraction of sp³-hybridized carbons (Fsp3) is 0.458. The molecule has 6 heteroatoms. The van der Waals surface area contributed by atoms with Gasteiger partial charge in [0.05, 0.1) is 18.8 Å². The van der Waals surface area contributed by atoms with Crippen molar-refractivity contribution in [3.63, 3.8) is 0 Å². The number of amidine groups is 1. The lowest BCUT2D eigenvalue weighted by atomic mass is 9.83. The zero-order valence-corrected chi connectivity index (χ0v) is 18.9. The van der Waals surface area contributed by atoms with E-state index in [9.17, 15) is 9.90 Å². The molecule has 0 atom stereocenters. The minimum atomic E-state index is -0.282. The number of phenolic OH excluding ortho intramolecular Hbond substituents is 1. The number of carbonyl (C=O) groups excluding carboxylic acids is 1. The monoisotopic (exact) mass is 409 g/mol. The number of ketones is 1. The fourth-order valence-corrected chi connectivity index (χ4v) is 3.95. The molecule has 0 saturated heterocycles. The van der Waals surface area contributed by atoms with Gasteiger partial charge in [0.15, 0.2) is 5.78 Å². The van der Waals surface area contributed by atoms with Gasteiger partial charge in [0.2, 0.25) is 0 Å². The molecule has 3 rings (SSSR count). The average molecular weight is 410 g/mol. The van der Waals surface area contributed by atoms with Crippen LogP contribution in [0, 0.1) is 26.2 Å². The fourth-order valence-electron chi connectivity index (χ4n) is 3.95. The van der Waals surface area contributed by atoms with Crippen molar-refractivity contribution in [3.05, 3.63) is 51.3 Å². The van der Waals surface area contributed by atoms with Gasteiger partial charge < -0.3 is 14.7 Å². The Labute approximate surface area is 178 Å². The van der Waals surface area contributed by atoms with Crippen molar-refractivity contribution in [2.24, 2.45) is 0 Å². The Morgan fingerprint density at radius 3 is 2.53 bits per heavy atom. The normalized spacial score (nSPS) is 13.6. The second-order valence-corrected chi connectivity index (χ2v) is 8.98. The van der Waals surface area contributed by atoms with E-state index in [1.54, 1.807) is 24.0 Å². The topological polar surface area (TPSA) is 86.5 Å². The largest absolute Gasteiger partial charge is 0.507 e. The molecule has 0 amide bonds. The zero-order chi connectivity index (χ0) is 22.4. The molecule has 2 N–H and O–H groups in total. The van der Waals surface area contributed by atoms with Gasteiger partial charge in [-0.2, -0.15) is 0 Å². The Hall–Kier alpha value is -2.89. The van der Waals surface area contributed by atoms with Gasteiger partial charge in [-0.05, 0) is 50.8 Å². The quantitative estimate of drug-likeness (QED) is 0.713. The first-order valence-electron chi connectivity index (χ1n) is 10.3. The van der Waals surface area contributed by atoms with Crippen molar-refractivity contribution in [3.8, 4) is 11.5 Å². The van der Waals surface area contributed by atoms with Crippen LogP contribution in [0.5, 0.6) is 11.5 Å². The third kappa shape index (κ3) is 3.78. The predicted molar refractivity (Wildman–Crippen MR) is 118 cm³/mol. The predicted octanol–water partition coefficient (Wildman–Crippen LogP) is 4.43. The summed E-state index contributed by atoms with van der Waals surface area (Å²) in [5.41, 5.74) is 5.01. The molecule has 0 radical (unpaired) electrons. The van der Waals surface area contributed by atoms with Gasteiger partial charge in [0.1, 0.15) is 23.0 Å². The molecule has 0 fully saturated rings. The minimum absolute atomic E-state index is 0.0828. The molecule has 1 aliphatic heterocycles. The first kappa shape index (κ1) is 21.8.